The molecule has 0 amide bonds. The fraction of sp³-hybridized carbons (Fsp3) is 0.750. The Bertz CT molecular complexity index is 167. The number of ketones is 1. The molecule has 3 heteroatoms. The number of Topliss-reactive ketones (excluding diaryl/α,β-unsaturated/α-hetero) is 1. The van der Waals surface area contributed by atoms with E-state index in [1.54, 1.807) is 0 Å². The minimum Gasteiger partial charge on any atom is -0.299 e. The van der Waals surface area contributed by atoms with Crippen LogP contribution in [-0.2, 0) is 9.59 Å². The van der Waals surface area contributed by atoms with Crippen molar-refractivity contribution in [3.8, 4) is 0 Å². The van der Waals surface area contributed by atoms with Gasteiger partial charge in [0, 0.05) is 6.42 Å². The summed E-state index contributed by atoms with van der Waals surface area (Å²) in [6.45, 7) is 5.90. The zero-order valence-electron chi connectivity index (χ0n) is 7.18. The summed E-state index contributed by atoms with van der Waals surface area (Å²) in [5.41, 5.74) is -0.0275. The van der Waals surface area contributed by atoms with Crippen molar-refractivity contribution < 1.29 is 9.59 Å². The number of carbonyl (C=O) groups excluding carboxylic acids is 2. The summed E-state index contributed by atoms with van der Waals surface area (Å²) in [5.74, 6) is -0.0301. The molecular formula is C8H14O2S. The maximum Gasteiger partial charge on any atom is 0.193 e. The number of thiol groups is 1. The van der Waals surface area contributed by atoms with Gasteiger partial charge in [0.15, 0.2) is 5.12 Å². The molecule has 0 rings (SSSR count). The molecule has 0 heterocycles. The van der Waals surface area contributed by atoms with E-state index in [1.807, 2.05) is 20.8 Å². The fourth-order valence-corrected chi connectivity index (χ4v) is 0.999. The number of carbonyl (C=O) groups is 2. The Kier molecular flexibility index (Phi) is 3.79. The third kappa shape index (κ3) is 7.59. The molecule has 0 saturated carbocycles. The van der Waals surface area contributed by atoms with Gasteiger partial charge in [-0.25, -0.2) is 0 Å². The lowest BCUT2D eigenvalue weighted by Crippen LogP contribution is -2.14. The molecule has 0 aromatic rings. The van der Waals surface area contributed by atoms with Crippen LogP contribution in [0.1, 0.15) is 33.6 Å². The summed E-state index contributed by atoms with van der Waals surface area (Å²) in [4.78, 5) is 21.4. The molecule has 11 heavy (non-hydrogen) atoms. The summed E-state index contributed by atoms with van der Waals surface area (Å²) < 4.78 is 0. The third-order valence-electron chi connectivity index (χ3n) is 1.08. The molecule has 0 spiro atoms. The van der Waals surface area contributed by atoms with Crippen LogP contribution in [0.4, 0.5) is 0 Å². The standard InChI is InChI=1S/C8H14O2S/c1-8(2,3)5-6(9)4-7(10)11/h4-5H2,1-3H3,(H,10,11). The molecule has 0 N–H and O–H groups in total. The highest BCUT2D eigenvalue weighted by molar-refractivity contribution is 7.96. The largest absolute Gasteiger partial charge is 0.299 e. The lowest BCUT2D eigenvalue weighted by atomic mass is 9.89. The molecule has 0 radical (unpaired) electrons. The van der Waals surface area contributed by atoms with Gasteiger partial charge in [-0.2, -0.15) is 0 Å². The van der Waals surface area contributed by atoms with Gasteiger partial charge in [-0.05, 0) is 5.41 Å². The molecule has 2 nitrogen and oxygen atoms in total. The van der Waals surface area contributed by atoms with E-state index >= 15 is 0 Å². The van der Waals surface area contributed by atoms with Crippen LogP contribution in [0.2, 0.25) is 0 Å². The van der Waals surface area contributed by atoms with Crippen molar-refractivity contribution >= 4 is 23.5 Å². The highest BCUT2D eigenvalue weighted by Crippen LogP contribution is 2.19. The Morgan fingerprint density at radius 1 is 1.27 bits per heavy atom. The first kappa shape index (κ1) is 10.7. The lowest BCUT2D eigenvalue weighted by molar-refractivity contribution is -0.124. The second kappa shape index (κ2) is 3.90. The molecule has 0 aliphatic heterocycles. The Morgan fingerprint density at radius 2 is 1.73 bits per heavy atom. The monoisotopic (exact) mass is 174 g/mol. The van der Waals surface area contributed by atoms with Gasteiger partial charge in [-0.1, -0.05) is 20.8 Å². The molecule has 0 aliphatic rings. The normalized spacial score (nSPS) is 11.3. The van der Waals surface area contributed by atoms with Crippen molar-refractivity contribution in [1.29, 1.82) is 0 Å². The topological polar surface area (TPSA) is 34.1 Å². The highest BCUT2D eigenvalue weighted by Gasteiger charge is 2.16. The summed E-state index contributed by atoms with van der Waals surface area (Å²) in [5, 5.41) is -0.348. The van der Waals surface area contributed by atoms with E-state index in [0.717, 1.165) is 0 Å². The first-order valence-electron chi connectivity index (χ1n) is 3.55. The van der Waals surface area contributed by atoms with E-state index in [0.29, 0.717) is 6.42 Å². The van der Waals surface area contributed by atoms with Crippen molar-refractivity contribution in [3.05, 3.63) is 0 Å². The predicted molar refractivity (Wildman–Crippen MR) is 47.7 cm³/mol. The summed E-state index contributed by atoms with van der Waals surface area (Å²) in [6.07, 6.45) is 0.402. The second-order valence-corrected chi connectivity index (χ2v) is 4.35. The maximum absolute atomic E-state index is 11.0. The fourth-order valence-electron chi connectivity index (χ4n) is 0.823. The molecule has 0 bridgehead atoms. The van der Waals surface area contributed by atoms with Crippen LogP contribution in [0.25, 0.3) is 0 Å². The van der Waals surface area contributed by atoms with E-state index in [1.165, 1.54) is 0 Å². The van der Waals surface area contributed by atoms with E-state index in [4.69, 9.17) is 0 Å². The lowest BCUT2D eigenvalue weighted by Gasteiger charge is -2.15. The van der Waals surface area contributed by atoms with Gasteiger partial charge in [0.2, 0.25) is 0 Å². The van der Waals surface area contributed by atoms with Gasteiger partial charge in [0.25, 0.3) is 0 Å². The highest BCUT2D eigenvalue weighted by atomic mass is 32.1. The molecular weight excluding hydrogens is 160 g/mol. The van der Waals surface area contributed by atoms with Crippen molar-refractivity contribution in [2.75, 3.05) is 0 Å². The average Bonchev–Trinajstić information content (AvgIpc) is 1.53. The Labute approximate surface area is 72.8 Å². The summed E-state index contributed by atoms with van der Waals surface area (Å²) in [7, 11) is 0. The Hall–Kier alpha value is -0.310. The molecule has 64 valence electrons. The number of hydrogen-bond acceptors (Lipinski definition) is 2. The first-order valence-corrected chi connectivity index (χ1v) is 3.99. The van der Waals surface area contributed by atoms with Crippen LogP contribution >= 0.6 is 12.6 Å². The SMILES string of the molecule is CC(C)(C)CC(=O)CC(=O)S. The van der Waals surface area contributed by atoms with E-state index in [9.17, 15) is 9.59 Å². The minimum atomic E-state index is -0.348. The molecule has 0 unspecified atom stereocenters. The third-order valence-corrected chi connectivity index (χ3v) is 1.23. The molecule has 0 aromatic heterocycles. The summed E-state index contributed by atoms with van der Waals surface area (Å²) in [6, 6.07) is 0. The van der Waals surface area contributed by atoms with E-state index < -0.39 is 0 Å². The summed E-state index contributed by atoms with van der Waals surface area (Å²) >= 11 is 3.53. The van der Waals surface area contributed by atoms with Crippen LogP contribution in [0, 0.1) is 5.41 Å². The quantitative estimate of drug-likeness (QED) is 0.523. The Balaban J connectivity index is 3.80. The van der Waals surface area contributed by atoms with Crippen molar-refractivity contribution in [2.24, 2.45) is 5.41 Å². The molecule has 0 aromatic carbocycles. The van der Waals surface area contributed by atoms with Crippen LogP contribution < -0.4 is 0 Å². The number of rotatable bonds is 3. The van der Waals surface area contributed by atoms with Crippen molar-refractivity contribution in [2.45, 2.75) is 33.6 Å². The van der Waals surface area contributed by atoms with Gasteiger partial charge >= 0.3 is 0 Å². The zero-order valence-corrected chi connectivity index (χ0v) is 8.07. The van der Waals surface area contributed by atoms with Gasteiger partial charge in [-0.3, -0.25) is 9.59 Å². The number of hydrogen-bond donors (Lipinski definition) is 1. The average molecular weight is 174 g/mol. The van der Waals surface area contributed by atoms with Crippen molar-refractivity contribution in [1.82, 2.24) is 0 Å². The van der Waals surface area contributed by atoms with Crippen LogP contribution in [-0.4, -0.2) is 10.9 Å². The van der Waals surface area contributed by atoms with Crippen LogP contribution in [0.5, 0.6) is 0 Å². The van der Waals surface area contributed by atoms with Crippen LogP contribution in [0.15, 0.2) is 0 Å². The first-order chi connectivity index (χ1) is 4.81. The molecule has 0 aliphatic carbocycles. The van der Waals surface area contributed by atoms with Gasteiger partial charge < -0.3 is 0 Å². The molecule has 0 saturated heterocycles. The van der Waals surface area contributed by atoms with E-state index in [-0.39, 0.29) is 22.7 Å². The predicted octanol–water partition coefficient (Wildman–Crippen LogP) is 1.84. The molecule has 0 fully saturated rings. The van der Waals surface area contributed by atoms with E-state index in [2.05, 4.69) is 12.6 Å². The van der Waals surface area contributed by atoms with Crippen molar-refractivity contribution in [3.63, 3.8) is 0 Å². The Morgan fingerprint density at radius 3 is 2.00 bits per heavy atom. The molecule has 0 atom stereocenters. The van der Waals surface area contributed by atoms with Crippen LogP contribution in [0.3, 0.4) is 0 Å². The smallest absolute Gasteiger partial charge is 0.193 e. The zero-order chi connectivity index (χ0) is 9.07. The van der Waals surface area contributed by atoms with Gasteiger partial charge in [0.1, 0.15) is 5.78 Å². The van der Waals surface area contributed by atoms with Gasteiger partial charge in [0.05, 0.1) is 6.42 Å². The second-order valence-electron chi connectivity index (χ2n) is 3.85. The maximum atomic E-state index is 11.0. The minimum absolute atomic E-state index is 0.0275. The van der Waals surface area contributed by atoms with Gasteiger partial charge in [-0.15, -0.1) is 12.6 Å².